The monoisotopic (exact) mass is 205 g/mol. The highest BCUT2D eigenvalue weighted by Gasteiger charge is 2.05. The van der Waals surface area contributed by atoms with Crippen LogP contribution >= 0.6 is 0 Å². The van der Waals surface area contributed by atoms with Crippen molar-refractivity contribution in [2.45, 2.75) is 39.0 Å². The van der Waals surface area contributed by atoms with Crippen LogP contribution in [-0.4, -0.2) is 5.78 Å². The molecule has 82 valence electrons. The topological polar surface area (TPSA) is 43.1 Å². The van der Waals surface area contributed by atoms with E-state index < -0.39 is 0 Å². The summed E-state index contributed by atoms with van der Waals surface area (Å²) in [6.07, 6.45) is 5.24. The van der Waals surface area contributed by atoms with E-state index in [1.165, 1.54) is 6.42 Å². The summed E-state index contributed by atoms with van der Waals surface area (Å²) in [5.41, 5.74) is 7.53. The van der Waals surface area contributed by atoms with Gasteiger partial charge in [-0.2, -0.15) is 0 Å². The summed E-state index contributed by atoms with van der Waals surface area (Å²) >= 11 is 0. The molecule has 2 heteroatoms. The van der Waals surface area contributed by atoms with E-state index in [1.807, 2.05) is 31.2 Å². The third-order valence-electron chi connectivity index (χ3n) is 2.60. The first-order valence-electron chi connectivity index (χ1n) is 5.53. The first-order valence-corrected chi connectivity index (χ1v) is 5.53. The Morgan fingerprint density at radius 2 is 1.67 bits per heavy atom. The fraction of sp³-hybridized carbons (Fsp3) is 0.462. The number of ketones is 1. The van der Waals surface area contributed by atoms with E-state index in [9.17, 15) is 4.79 Å². The number of nitrogen functional groups attached to an aromatic ring is 1. The predicted octanol–water partition coefficient (Wildman–Crippen LogP) is 3.10. The molecular formula is C13H19NO. The lowest BCUT2D eigenvalue weighted by Gasteiger charge is -2.05. The molecule has 1 aliphatic rings. The number of hydrogen-bond donors (Lipinski definition) is 1. The molecule has 0 aromatic heterocycles. The smallest absolute Gasteiger partial charge is 0.132 e. The third-order valence-corrected chi connectivity index (χ3v) is 2.60. The van der Waals surface area contributed by atoms with Gasteiger partial charge in [-0.3, -0.25) is 4.79 Å². The first kappa shape index (κ1) is 11.8. The second-order valence-corrected chi connectivity index (χ2v) is 3.96. The number of benzene rings is 1. The Balaban J connectivity index is 0.000000151. The van der Waals surface area contributed by atoms with E-state index in [2.05, 4.69) is 0 Å². The number of aryl methyl sites for hydroxylation is 1. The number of para-hydroxylation sites is 1. The molecule has 1 aromatic rings. The summed E-state index contributed by atoms with van der Waals surface area (Å²) in [7, 11) is 0. The maximum absolute atomic E-state index is 10.5. The van der Waals surface area contributed by atoms with Crippen molar-refractivity contribution in [3.8, 4) is 0 Å². The van der Waals surface area contributed by atoms with E-state index in [4.69, 9.17) is 5.73 Å². The maximum Gasteiger partial charge on any atom is 0.132 e. The number of hydrogen-bond acceptors (Lipinski definition) is 2. The van der Waals surface area contributed by atoms with Crippen LogP contribution in [0.3, 0.4) is 0 Å². The lowest BCUT2D eigenvalue weighted by atomic mass is 10.00. The average molecular weight is 205 g/mol. The number of Topliss-reactive ketones (excluding diaryl/α,β-unsaturated/α-hetero) is 1. The Kier molecular flexibility index (Phi) is 4.88. The number of carbonyl (C=O) groups excluding carboxylic acids is 1. The van der Waals surface area contributed by atoms with E-state index in [1.54, 1.807) is 0 Å². The van der Waals surface area contributed by atoms with Crippen LogP contribution in [0.1, 0.15) is 37.7 Å². The number of nitrogens with two attached hydrogens (primary N) is 1. The zero-order valence-corrected chi connectivity index (χ0v) is 9.33. The van der Waals surface area contributed by atoms with Crippen LogP contribution in [0, 0.1) is 6.92 Å². The zero-order chi connectivity index (χ0) is 11.1. The van der Waals surface area contributed by atoms with Gasteiger partial charge in [-0.25, -0.2) is 0 Å². The number of anilines is 1. The number of carbonyl (C=O) groups is 1. The summed E-state index contributed by atoms with van der Waals surface area (Å²) in [6.45, 7) is 2.00. The van der Waals surface area contributed by atoms with Gasteiger partial charge in [0.15, 0.2) is 0 Å². The van der Waals surface area contributed by atoms with Gasteiger partial charge < -0.3 is 5.73 Å². The van der Waals surface area contributed by atoms with E-state index in [0.29, 0.717) is 5.78 Å². The van der Waals surface area contributed by atoms with Gasteiger partial charge in [0.05, 0.1) is 0 Å². The van der Waals surface area contributed by atoms with Crippen LogP contribution in [0.5, 0.6) is 0 Å². The first-order chi connectivity index (χ1) is 7.20. The molecule has 0 amide bonds. The summed E-state index contributed by atoms with van der Waals surface area (Å²) in [5, 5.41) is 0. The second kappa shape index (κ2) is 6.23. The summed E-state index contributed by atoms with van der Waals surface area (Å²) < 4.78 is 0. The highest BCUT2D eigenvalue weighted by Crippen LogP contribution is 2.12. The van der Waals surface area contributed by atoms with E-state index in [-0.39, 0.29) is 0 Å². The standard InChI is InChI=1S/C7H9N.C6H10O/c1-6-4-2-3-5-7(6)8;7-6-4-2-1-3-5-6/h2-5H,8H2,1H3;1-5H2. The number of rotatable bonds is 0. The van der Waals surface area contributed by atoms with Crippen molar-refractivity contribution in [2.24, 2.45) is 0 Å². The zero-order valence-electron chi connectivity index (χ0n) is 9.33. The van der Waals surface area contributed by atoms with Gasteiger partial charge in [0, 0.05) is 18.5 Å². The van der Waals surface area contributed by atoms with Crippen LogP contribution in [0.15, 0.2) is 24.3 Å². The largest absolute Gasteiger partial charge is 0.399 e. The molecule has 2 N–H and O–H groups in total. The molecule has 0 bridgehead atoms. The van der Waals surface area contributed by atoms with Crippen molar-refractivity contribution in [1.82, 2.24) is 0 Å². The molecule has 1 fully saturated rings. The molecule has 0 aliphatic heterocycles. The quantitative estimate of drug-likeness (QED) is 0.661. The molecule has 0 radical (unpaired) electrons. The highest BCUT2D eigenvalue weighted by atomic mass is 16.1. The molecule has 0 unspecified atom stereocenters. The summed E-state index contributed by atoms with van der Waals surface area (Å²) in [4.78, 5) is 10.5. The fourth-order valence-electron chi connectivity index (χ4n) is 1.53. The Hall–Kier alpha value is -1.31. The van der Waals surface area contributed by atoms with Crippen molar-refractivity contribution in [3.63, 3.8) is 0 Å². The van der Waals surface area contributed by atoms with Crippen molar-refractivity contribution in [3.05, 3.63) is 29.8 Å². The fourth-order valence-corrected chi connectivity index (χ4v) is 1.53. The van der Waals surface area contributed by atoms with Gasteiger partial charge >= 0.3 is 0 Å². The van der Waals surface area contributed by atoms with Gasteiger partial charge in [0.2, 0.25) is 0 Å². The molecule has 0 saturated heterocycles. The molecule has 1 aliphatic carbocycles. The van der Waals surface area contributed by atoms with Gasteiger partial charge in [0.1, 0.15) is 5.78 Å². The Morgan fingerprint density at radius 3 is 2.00 bits per heavy atom. The van der Waals surface area contributed by atoms with Crippen molar-refractivity contribution >= 4 is 11.5 Å². The molecule has 1 aromatic carbocycles. The average Bonchev–Trinajstić information content (AvgIpc) is 2.25. The molecular weight excluding hydrogens is 186 g/mol. The van der Waals surface area contributed by atoms with Gasteiger partial charge in [0.25, 0.3) is 0 Å². The molecule has 0 spiro atoms. The van der Waals surface area contributed by atoms with E-state index >= 15 is 0 Å². The Labute approximate surface area is 91.5 Å². The second-order valence-electron chi connectivity index (χ2n) is 3.96. The highest BCUT2D eigenvalue weighted by molar-refractivity contribution is 5.78. The van der Waals surface area contributed by atoms with Gasteiger partial charge in [-0.15, -0.1) is 0 Å². The predicted molar refractivity (Wildman–Crippen MR) is 63.7 cm³/mol. The van der Waals surface area contributed by atoms with Crippen LogP contribution in [0.2, 0.25) is 0 Å². The van der Waals surface area contributed by atoms with Gasteiger partial charge in [-0.05, 0) is 31.4 Å². The van der Waals surface area contributed by atoms with Gasteiger partial charge in [-0.1, -0.05) is 24.6 Å². The third kappa shape index (κ3) is 4.63. The van der Waals surface area contributed by atoms with Crippen LogP contribution in [0.25, 0.3) is 0 Å². The van der Waals surface area contributed by atoms with Crippen molar-refractivity contribution in [2.75, 3.05) is 5.73 Å². The van der Waals surface area contributed by atoms with Crippen LogP contribution in [0.4, 0.5) is 5.69 Å². The Morgan fingerprint density at radius 1 is 1.07 bits per heavy atom. The molecule has 0 atom stereocenters. The maximum atomic E-state index is 10.5. The SMILES string of the molecule is Cc1ccccc1N.O=C1CCCCC1. The normalized spacial score (nSPS) is 15.4. The molecule has 0 heterocycles. The van der Waals surface area contributed by atoms with Crippen LogP contribution in [-0.2, 0) is 4.79 Å². The Bertz CT molecular complexity index is 291. The molecule has 2 rings (SSSR count). The lowest BCUT2D eigenvalue weighted by Crippen LogP contribution is -2.02. The van der Waals surface area contributed by atoms with Crippen molar-refractivity contribution < 1.29 is 4.79 Å². The minimum Gasteiger partial charge on any atom is -0.399 e. The lowest BCUT2D eigenvalue weighted by molar-refractivity contribution is -0.120. The minimum absolute atomic E-state index is 0.464. The van der Waals surface area contributed by atoms with Crippen molar-refractivity contribution in [1.29, 1.82) is 0 Å². The molecule has 2 nitrogen and oxygen atoms in total. The van der Waals surface area contributed by atoms with E-state index in [0.717, 1.165) is 36.9 Å². The van der Waals surface area contributed by atoms with Crippen LogP contribution < -0.4 is 5.73 Å². The summed E-state index contributed by atoms with van der Waals surface area (Å²) in [5.74, 6) is 0.464. The summed E-state index contributed by atoms with van der Waals surface area (Å²) in [6, 6.07) is 7.80. The minimum atomic E-state index is 0.464. The molecule has 1 saturated carbocycles. The molecule has 15 heavy (non-hydrogen) atoms.